The van der Waals surface area contributed by atoms with E-state index in [2.05, 4.69) is 26.3 Å². The standard InChI is InChI=1S/C11H15N5/c1-15-6-3-8-10(9(15)7-12)14-11-13-4-2-5-16(8)11/h2,4-5,9H,3,6-7,12H2,1H3. The van der Waals surface area contributed by atoms with Crippen LogP contribution in [0.1, 0.15) is 17.4 Å². The lowest BCUT2D eigenvalue weighted by molar-refractivity contribution is 0.230. The molecule has 0 saturated carbocycles. The molecular formula is C11H15N5. The van der Waals surface area contributed by atoms with E-state index in [1.54, 1.807) is 6.20 Å². The lowest BCUT2D eigenvalue weighted by Crippen LogP contribution is -2.36. The van der Waals surface area contributed by atoms with E-state index in [1.807, 2.05) is 12.3 Å². The summed E-state index contributed by atoms with van der Waals surface area (Å²) < 4.78 is 2.07. The molecular weight excluding hydrogens is 202 g/mol. The van der Waals surface area contributed by atoms with Gasteiger partial charge in [-0.05, 0) is 13.1 Å². The molecule has 0 spiro atoms. The minimum absolute atomic E-state index is 0.227. The topological polar surface area (TPSA) is 59.5 Å². The molecule has 0 saturated heterocycles. The first-order chi connectivity index (χ1) is 7.81. The van der Waals surface area contributed by atoms with Gasteiger partial charge in [-0.25, -0.2) is 9.97 Å². The summed E-state index contributed by atoms with van der Waals surface area (Å²) in [7, 11) is 2.10. The van der Waals surface area contributed by atoms with Crippen LogP contribution in [0, 0.1) is 0 Å². The Morgan fingerprint density at radius 1 is 1.56 bits per heavy atom. The molecule has 3 rings (SSSR count). The first kappa shape index (κ1) is 9.74. The molecule has 0 aromatic carbocycles. The highest BCUT2D eigenvalue weighted by molar-refractivity contribution is 5.38. The van der Waals surface area contributed by atoms with Crippen LogP contribution in [0.2, 0.25) is 0 Å². The van der Waals surface area contributed by atoms with Crippen LogP contribution in [-0.4, -0.2) is 39.4 Å². The van der Waals surface area contributed by atoms with Crippen LogP contribution in [-0.2, 0) is 6.42 Å². The van der Waals surface area contributed by atoms with Crippen LogP contribution in [0.4, 0.5) is 0 Å². The highest BCUT2D eigenvalue weighted by atomic mass is 15.2. The second-order valence-electron chi connectivity index (χ2n) is 4.22. The largest absolute Gasteiger partial charge is 0.329 e. The molecule has 5 nitrogen and oxygen atoms in total. The third kappa shape index (κ3) is 1.25. The molecule has 1 atom stereocenters. The molecule has 1 unspecified atom stereocenters. The van der Waals surface area contributed by atoms with Gasteiger partial charge < -0.3 is 5.73 Å². The van der Waals surface area contributed by atoms with Gasteiger partial charge in [0.2, 0.25) is 5.78 Å². The van der Waals surface area contributed by atoms with E-state index in [0.29, 0.717) is 6.54 Å². The molecule has 0 amide bonds. The van der Waals surface area contributed by atoms with Gasteiger partial charge in [0, 0.05) is 31.9 Å². The number of aromatic nitrogens is 3. The van der Waals surface area contributed by atoms with E-state index in [9.17, 15) is 0 Å². The summed E-state index contributed by atoms with van der Waals surface area (Å²) in [4.78, 5) is 11.1. The first-order valence-corrected chi connectivity index (χ1v) is 5.53. The van der Waals surface area contributed by atoms with Crippen molar-refractivity contribution in [2.24, 2.45) is 5.73 Å². The number of rotatable bonds is 1. The monoisotopic (exact) mass is 217 g/mol. The van der Waals surface area contributed by atoms with Gasteiger partial charge in [-0.3, -0.25) is 9.30 Å². The van der Waals surface area contributed by atoms with Gasteiger partial charge in [-0.1, -0.05) is 0 Å². The van der Waals surface area contributed by atoms with E-state index >= 15 is 0 Å². The number of nitrogens with zero attached hydrogens (tertiary/aromatic N) is 4. The fourth-order valence-electron chi connectivity index (χ4n) is 2.41. The summed E-state index contributed by atoms with van der Waals surface area (Å²) >= 11 is 0. The lowest BCUT2D eigenvalue weighted by atomic mass is 10.0. The highest BCUT2D eigenvalue weighted by Crippen LogP contribution is 2.27. The summed E-state index contributed by atoms with van der Waals surface area (Å²) in [5, 5.41) is 0. The summed E-state index contributed by atoms with van der Waals surface area (Å²) in [6, 6.07) is 2.16. The summed E-state index contributed by atoms with van der Waals surface area (Å²) in [5.74, 6) is 0.779. The second kappa shape index (κ2) is 3.54. The average Bonchev–Trinajstić information content (AvgIpc) is 2.67. The summed E-state index contributed by atoms with van der Waals surface area (Å²) in [5.41, 5.74) is 8.17. The van der Waals surface area contributed by atoms with Crippen molar-refractivity contribution >= 4 is 5.78 Å². The molecule has 2 aromatic heterocycles. The van der Waals surface area contributed by atoms with Gasteiger partial charge in [0.15, 0.2) is 0 Å². The molecule has 5 heteroatoms. The third-order valence-corrected chi connectivity index (χ3v) is 3.31. The van der Waals surface area contributed by atoms with Crippen LogP contribution >= 0.6 is 0 Å². The zero-order valence-electron chi connectivity index (χ0n) is 9.30. The first-order valence-electron chi connectivity index (χ1n) is 5.53. The summed E-state index contributed by atoms with van der Waals surface area (Å²) in [6.07, 6.45) is 4.80. The smallest absolute Gasteiger partial charge is 0.234 e. The zero-order chi connectivity index (χ0) is 11.1. The molecule has 84 valence electrons. The van der Waals surface area contributed by atoms with Crippen LogP contribution in [0.5, 0.6) is 0 Å². The van der Waals surface area contributed by atoms with Crippen LogP contribution in [0.3, 0.4) is 0 Å². The fraction of sp³-hybridized carbons (Fsp3) is 0.455. The molecule has 0 aliphatic carbocycles. The van der Waals surface area contributed by atoms with Crippen molar-refractivity contribution in [2.45, 2.75) is 12.5 Å². The van der Waals surface area contributed by atoms with Gasteiger partial charge in [-0.15, -0.1) is 0 Å². The number of hydrogen-bond donors (Lipinski definition) is 1. The Balaban J connectivity index is 2.22. The third-order valence-electron chi connectivity index (χ3n) is 3.31. The summed E-state index contributed by atoms with van der Waals surface area (Å²) in [6.45, 7) is 1.63. The second-order valence-corrected chi connectivity index (χ2v) is 4.22. The lowest BCUT2D eigenvalue weighted by Gasteiger charge is -2.30. The Bertz CT molecular complexity index is 518. The number of likely N-dealkylation sites (N-methyl/N-ethyl adjacent to an activating group) is 1. The Labute approximate surface area is 93.9 Å². The van der Waals surface area contributed by atoms with Crippen molar-refractivity contribution in [3.8, 4) is 0 Å². The maximum absolute atomic E-state index is 5.82. The number of hydrogen-bond acceptors (Lipinski definition) is 4. The van der Waals surface area contributed by atoms with Crippen LogP contribution < -0.4 is 5.73 Å². The van der Waals surface area contributed by atoms with Crippen molar-refractivity contribution in [3.63, 3.8) is 0 Å². The van der Waals surface area contributed by atoms with Crippen molar-refractivity contribution in [1.29, 1.82) is 0 Å². The zero-order valence-corrected chi connectivity index (χ0v) is 9.30. The molecule has 16 heavy (non-hydrogen) atoms. The molecule has 3 heterocycles. The highest BCUT2D eigenvalue weighted by Gasteiger charge is 2.28. The molecule has 2 N–H and O–H groups in total. The van der Waals surface area contributed by atoms with E-state index in [1.165, 1.54) is 5.69 Å². The molecule has 2 aromatic rings. The van der Waals surface area contributed by atoms with Gasteiger partial charge >= 0.3 is 0 Å². The molecule has 0 bridgehead atoms. The van der Waals surface area contributed by atoms with Crippen molar-refractivity contribution in [1.82, 2.24) is 19.3 Å². The Morgan fingerprint density at radius 2 is 2.44 bits per heavy atom. The van der Waals surface area contributed by atoms with Crippen LogP contribution in [0.15, 0.2) is 18.5 Å². The quantitative estimate of drug-likeness (QED) is 0.742. The SMILES string of the molecule is CN1CCc2c(nc3ncccn23)C1CN. The molecule has 0 radical (unpaired) electrons. The maximum Gasteiger partial charge on any atom is 0.234 e. The van der Waals surface area contributed by atoms with E-state index < -0.39 is 0 Å². The fourth-order valence-corrected chi connectivity index (χ4v) is 2.41. The van der Waals surface area contributed by atoms with E-state index in [0.717, 1.165) is 24.4 Å². The van der Waals surface area contributed by atoms with Gasteiger partial charge in [0.1, 0.15) is 0 Å². The van der Waals surface area contributed by atoms with E-state index in [-0.39, 0.29) is 6.04 Å². The molecule has 0 fully saturated rings. The number of imidazole rings is 1. The number of nitrogens with two attached hydrogens (primary N) is 1. The van der Waals surface area contributed by atoms with Gasteiger partial charge in [0.25, 0.3) is 0 Å². The van der Waals surface area contributed by atoms with Crippen molar-refractivity contribution < 1.29 is 0 Å². The predicted molar refractivity (Wildman–Crippen MR) is 61.1 cm³/mol. The van der Waals surface area contributed by atoms with E-state index in [4.69, 9.17) is 5.73 Å². The Kier molecular flexibility index (Phi) is 2.15. The molecule has 1 aliphatic heterocycles. The Hall–Kier alpha value is -1.46. The Morgan fingerprint density at radius 3 is 3.25 bits per heavy atom. The minimum Gasteiger partial charge on any atom is -0.329 e. The van der Waals surface area contributed by atoms with Crippen molar-refractivity contribution in [3.05, 3.63) is 29.8 Å². The average molecular weight is 217 g/mol. The van der Waals surface area contributed by atoms with Gasteiger partial charge in [-0.2, -0.15) is 0 Å². The van der Waals surface area contributed by atoms with Gasteiger partial charge in [0.05, 0.1) is 17.4 Å². The normalized spacial score (nSPS) is 21.2. The number of fused-ring (bicyclic) bond motifs is 3. The molecule has 1 aliphatic rings. The van der Waals surface area contributed by atoms with Crippen molar-refractivity contribution in [2.75, 3.05) is 20.1 Å². The maximum atomic E-state index is 5.82. The predicted octanol–water partition coefficient (Wildman–Crippen LogP) is 0.217. The minimum atomic E-state index is 0.227. The van der Waals surface area contributed by atoms with Crippen LogP contribution in [0.25, 0.3) is 5.78 Å².